The minimum absolute atomic E-state index is 0.00471. The summed E-state index contributed by atoms with van der Waals surface area (Å²) in [5, 5.41) is 15.5. The predicted molar refractivity (Wildman–Crippen MR) is 121 cm³/mol. The molecule has 1 saturated heterocycles. The number of aryl methyl sites for hydroxylation is 1. The SMILES string of the molecule is C=CCc1cc(/C=C2/NC(=O)N(CC(=O)Nc3ccc(C)cc3)C2=O)cc(OCC)c1O. The maximum atomic E-state index is 12.7. The number of nitrogens with one attached hydrogen (secondary N) is 2. The van der Waals surface area contributed by atoms with Crippen molar-refractivity contribution in [2.24, 2.45) is 0 Å². The molecule has 4 amide bonds. The number of phenolic OH excluding ortho intramolecular Hbond substituents is 1. The zero-order valence-corrected chi connectivity index (χ0v) is 18.0. The van der Waals surface area contributed by atoms with Gasteiger partial charge in [-0.1, -0.05) is 23.8 Å². The second kappa shape index (κ2) is 9.82. The molecule has 0 aliphatic carbocycles. The van der Waals surface area contributed by atoms with Crippen molar-refractivity contribution < 1.29 is 24.2 Å². The summed E-state index contributed by atoms with van der Waals surface area (Å²) in [6.07, 6.45) is 3.51. The highest BCUT2D eigenvalue weighted by Crippen LogP contribution is 2.33. The van der Waals surface area contributed by atoms with Gasteiger partial charge in [-0.15, -0.1) is 6.58 Å². The van der Waals surface area contributed by atoms with E-state index in [2.05, 4.69) is 17.2 Å². The average molecular weight is 435 g/mol. The molecule has 0 atom stereocenters. The van der Waals surface area contributed by atoms with Gasteiger partial charge in [0.2, 0.25) is 5.91 Å². The Kier molecular flexibility index (Phi) is 6.94. The number of imide groups is 1. The Morgan fingerprint density at radius 3 is 2.62 bits per heavy atom. The van der Waals surface area contributed by atoms with Crippen molar-refractivity contribution in [1.29, 1.82) is 0 Å². The van der Waals surface area contributed by atoms with E-state index in [1.807, 2.05) is 19.1 Å². The molecule has 0 aromatic heterocycles. The number of hydrogen-bond donors (Lipinski definition) is 3. The fourth-order valence-corrected chi connectivity index (χ4v) is 3.21. The largest absolute Gasteiger partial charge is 0.504 e. The highest BCUT2D eigenvalue weighted by Gasteiger charge is 2.35. The van der Waals surface area contributed by atoms with E-state index in [0.717, 1.165) is 10.5 Å². The minimum Gasteiger partial charge on any atom is -0.504 e. The fourth-order valence-electron chi connectivity index (χ4n) is 3.21. The van der Waals surface area contributed by atoms with Crippen LogP contribution in [0.4, 0.5) is 10.5 Å². The van der Waals surface area contributed by atoms with E-state index < -0.39 is 24.4 Å². The maximum absolute atomic E-state index is 12.7. The summed E-state index contributed by atoms with van der Waals surface area (Å²) >= 11 is 0. The third-order valence-corrected chi connectivity index (χ3v) is 4.75. The molecule has 8 nitrogen and oxygen atoms in total. The number of anilines is 1. The highest BCUT2D eigenvalue weighted by molar-refractivity contribution is 6.16. The summed E-state index contributed by atoms with van der Waals surface area (Å²) < 4.78 is 5.47. The number of allylic oxidation sites excluding steroid dienone is 1. The van der Waals surface area contributed by atoms with E-state index in [1.165, 1.54) is 6.08 Å². The molecule has 166 valence electrons. The van der Waals surface area contributed by atoms with Crippen molar-refractivity contribution in [1.82, 2.24) is 10.2 Å². The number of rotatable bonds is 8. The summed E-state index contributed by atoms with van der Waals surface area (Å²) in [5.74, 6) is -0.838. The van der Waals surface area contributed by atoms with Crippen molar-refractivity contribution in [3.8, 4) is 11.5 Å². The molecule has 1 heterocycles. The Labute approximate surface area is 186 Å². The topological polar surface area (TPSA) is 108 Å². The highest BCUT2D eigenvalue weighted by atomic mass is 16.5. The van der Waals surface area contributed by atoms with Crippen LogP contribution in [0.1, 0.15) is 23.6 Å². The molecule has 1 aliphatic heterocycles. The zero-order chi connectivity index (χ0) is 23.3. The van der Waals surface area contributed by atoms with Crippen LogP contribution in [0.25, 0.3) is 6.08 Å². The molecule has 3 N–H and O–H groups in total. The molecular formula is C24H25N3O5. The fraction of sp³-hybridized carbons (Fsp3) is 0.208. The van der Waals surface area contributed by atoms with Crippen LogP contribution in [0.15, 0.2) is 54.8 Å². The molecule has 1 fully saturated rings. The number of urea groups is 1. The smallest absolute Gasteiger partial charge is 0.329 e. The maximum Gasteiger partial charge on any atom is 0.329 e. The van der Waals surface area contributed by atoms with Gasteiger partial charge < -0.3 is 20.5 Å². The van der Waals surface area contributed by atoms with Gasteiger partial charge in [-0.2, -0.15) is 0 Å². The second-order valence-corrected chi connectivity index (χ2v) is 7.25. The van der Waals surface area contributed by atoms with E-state index in [0.29, 0.717) is 29.8 Å². The first-order valence-electron chi connectivity index (χ1n) is 10.1. The van der Waals surface area contributed by atoms with Crippen LogP contribution in [-0.2, 0) is 16.0 Å². The van der Waals surface area contributed by atoms with Gasteiger partial charge in [0, 0.05) is 11.3 Å². The summed E-state index contributed by atoms with van der Waals surface area (Å²) in [4.78, 5) is 38.2. The van der Waals surface area contributed by atoms with Crippen LogP contribution < -0.4 is 15.4 Å². The quantitative estimate of drug-likeness (QED) is 0.335. The van der Waals surface area contributed by atoms with Crippen LogP contribution in [0.5, 0.6) is 11.5 Å². The number of ether oxygens (including phenoxy) is 1. The van der Waals surface area contributed by atoms with E-state index in [1.54, 1.807) is 37.3 Å². The first kappa shape index (κ1) is 22.6. The van der Waals surface area contributed by atoms with Gasteiger partial charge in [-0.3, -0.25) is 9.59 Å². The van der Waals surface area contributed by atoms with Gasteiger partial charge in [0.15, 0.2) is 11.5 Å². The van der Waals surface area contributed by atoms with Gasteiger partial charge in [0.05, 0.1) is 6.61 Å². The number of nitrogens with zero attached hydrogens (tertiary/aromatic N) is 1. The zero-order valence-electron chi connectivity index (χ0n) is 18.0. The number of benzene rings is 2. The Hall–Kier alpha value is -4.07. The van der Waals surface area contributed by atoms with E-state index in [-0.39, 0.29) is 17.2 Å². The van der Waals surface area contributed by atoms with E-state index in [9.17, 15) is 19.5 Å². The standard InChI is InChI=1S/C24H25N3O5/c1-4-6-17-11-16(13-20(22(17)29)32-5-2)12-19-23(30)27(24(31)26-19)14-21(28)25-18-9-7-15(3)8-10-18/h4,7-13,29H,1,5-6,14H2,2-3H3,(H,25,28)(H,26,31)/b19-12+. The van der Waals surface area contributed by atoms with Crippen LogP contribution in [0.3, 0.4) is 0 Å². The number of carbonyl (C=O) groups excluding carboxylic acids is 3. The number of aromatic hydroxyl groups is 1. The average Bonchev–Trinajstić information content (AvgIpc) is 3.00. The first-order chi connectivity index (χ1) is 15.3. The Bertz CT molecular complexity index is 1090. The van der Waals surface area contributed by atoms with Gasteiger partial charge in [0.1, 0.15) is 12.2 Å². The third kappa shape index (κ3) is 5.15. The molecular weight excluding hydrogens is 410 g/mol. The lowest BCUT2D eigenvalue weighted by Crippen LogP contribution is -2.38. The molecule has 0 radical (unpaired) electrons. The lowest BCUT2D eigenvalue weighted by atomic mass is 10.0. The van der Waals surface area contributed by atoms with E-state index in [4.69, 9.17) is 4.74 Å². The number of hydrogen-bond acceptors (Lipinski definition) is 5. The number of phenols is 1. The minimum atomic E-state index is -0.685. The Balaban J connectivity index is 1.78. The normalized spacial score (nSPS) is 14.4. The summed E-state index contributed by atoms with van der Waals surface area (Å²) in [7, 11) is 0. The summed E-state index contributed by atoms with van der Waals surface area (Å²) in [6, 6.07) is 9.75. The summed E-state index contributed by atoms with van der Waals surface area (Å²) in [6.45, 7) is 7.32. The lowest BCUT2D eigenvalue weighted by Gasteiger charge is -2.12. The molecule has 32 heavy (non-hydrogen) atoms. The molecule has 8 heteroatoms. The molecule has 0 spiro atoms. The molecule has 0 unspecified atom stereocenters. The Morgan fingerprint density at radius 2 is 1.97 bits per heavy atom. The second-order valence-electron chi connectivity index (χ2n) is 7.25. The van der Waals surface area contributed by atoms with Gasteiger partial charge in [0.25, 0.3) is 5.91 Å². The number of amides is 4. The van der Waals surface area contributed by atoms with Crippen molar-refractivity contribution in [3.63, 3.8) is 0 Å². The molecule has 1 aliphatic rings. The van der Waals surface area contributed by atoms with Gasteiger partial charge in [-0.05, 0) is 56.2 Å². The van der Waals surface area contributed by atoms with Crippen molar-refractivity contribution in [2.75, 3.05) is 18.5 Å². The van der Waals surface area contributed by atoms with Crippen molar-refractivity contribution in [3.05, 3.63) is 71.4 Å². The van der Waals surface area contributed by atoms with Gasteiger partial charge >= 0.3 is 6.03 Å². The summed E-state index contributed by atoms with van der Waals surface area (Å²) in [5.41, 5.74) is 2.77. The number of carbonyl (C=O) groups is 3. The molecule has 0 saturated carbocycles. The van der Waals surface area contributed by atoms with Crippen molar-refractivity contribution >= 4 is 29.6 Å². The van der Waals surface area contributed by atoms with Crippen LogP contribution in [0.2, 0.25) is 0 Å². The molecule has 2 aromatic carbocycles. The monoisotopic (exact) mass is 435 g/mol. The van der Waals surface area contributed by atoms with Gasteiger partial charge in [-0.25, -0.2) is 9.69 Å². The van der Waals surface area contributed by atoms with Crippen LogP contribution >= 0.6 is 0 Å². The van der Waals surface area contributed by atoms with Crippen LogP contribution in [0, 0.1) is 6.92 Å². The first-order valence-corrected chi connectivity index (χ1v) is 10.1. The lowest BCUT2D eigenvalue weighted by molar-refractivity contribution is -0.127. The molecule has 2 aromatic rings. The van der Waals surface area contributed by atoms with E-state index >= 15 is 0 Å². The van der Waals surface area contributed by atoms with Crippen molar-refractivity contribution in [2.45, 2.75) is 20.3 Å². The third-order valence-electron chi connectivity index (χ3n) is 4.75. The Morgan fingerprint density at radius 1 is 1.25 bits per heavy atom. The molecule has 0 bridgehead atoms. The molecule has 3 rings (SSSR count). The predicted octanol–water partition coefficient (Wildman–Crippen LogP) is 3.36. The van der Waals surface area contributed by atoms with Crippen LogP contribution in [-0.4, -0.2) is 41.0 Å².